The smallest absolute Gasteiger partial charge is 0.226 e. The summed E-state index contributed by atoms with van der Waals surface area (Å²) in [5.74, 6) is -0.115. The predicted octanol–water partition coefficient (Wildman–Crippen LogP) is 1.47. The fraction of sp³-hybridized carbons (Fsp3) is 0.417. The zero-order chi connectivity index (χ0) is 13.0. The lowest BCUT2D eigenvalue weighted by Crippen LogP contribution is -2.15. The summed E-state index contributed by atoms with van der Waals surface area (Å²) in [7, 11) is 0. The van der Waals surface area contributed by atoms with Crippen molar-refractivity contribution >= 4 is 28.3 Å². The van der Waals surface area contributed by atoms with Gasteiger partial charge in [0.2, 0.25) is 11.8 Å². The Morgan fingerprint density at radius 3 is 3.06 bits per heavy atom. The minimum atomic E-state index is -0.422. The van der Waals surface area contributed by atoms with E-state index < -0.39 is 5.91 Å². The Kier molecular flexibility index (Phi) is 4.09. The number of aromatic nitrogens is 1. The first kappa shape index (κ1) is 12.8. The molecule has 2 amide bonds. The van der Waals surface area contributed by atoms with E-state index in [1.165, 1.54) is 11.3 Å². The third-order valence-electron chi connectivity index (χ3n) is 2.71. The van der Waals surface area contributed by atoms with Crippen LogP contribution in [0, 0.1) is 5.92 Å². The molecule has 1 atom stereocenters. The molecule has 1 aromatic heterocycles. The summed E-state index contributed by atoms with van der Waals surface area (Å²) in [6, 6.07) is 0. The number of primary amides is 1. The SMILES string of the molecule is NC(=O)Cc1csc(NC(=O)C[C@H]2C=CCC2)n1. The molecule has 0 bridgehead atoms. The van der Waals surface area contributed by atoms with E-state index in [-0.39, 0.29) is 12.3 Å². The van der Waals surface area contributed by atoms with Gasteiger partial charge in [0.05, 0.1) is 12.1 Å². The minimum Gasteiger partial charge on any atom is -0.369 e. The van der Waals surface area contributed by atoms with Crippen LogP contribution >= 0.6 is 11.3 Å². The predicted molar refractivity (Wildman–Crippen MR) is 70.1 cm³/mol. The van der Waals surface area contributed by atoms with E-state index in [2.05, 4.69) is 22.5 Å². The molecule has 1 heterocycles. The van der Waals surface area contributed by atoms with Crippen LogP contribution in [-0.2, 0) is 16.0 Å². The van der Waals surface area contributed by atoms with Crippen molar-refractivity contribution in [1.82, 2.24) is 4.98 Å². The van der Waals surface area contributed by atoms with E-state index >= 15 is 0 Å². The Labute approximate surface area is 109 Å². The van der Waals surface area contributed by atoms with Gasteiger partial charge in [-0.2, -0.15) is 0 Å². The number of nitrogens with one attached hydrogen (secondary N) is 1. The van der Waals surface area contributed by atoms with Gasteiger partial charge in [0.1, 0.15) is 0 Å². The zero-order valence-electron chi connectivity index (χ0n) is 9.89. The van der Waals surface area contributed by atoms with Gasteiger partial charge in [-0.15, -0.1) is 11.3 Å². The second-order valence-electron chi connectivity index (χ2n) is 4.30. The number of hydrogen-bond acceptors (Lipinski definition) is 4. The minimum absolute atomic E-state index is 0.0356. The van der Waals surface area contributed by atoms with Gasteiger partial charge in [0, 0.05) is 11.8 Å². The Balaban J connectivity index is 1.84. The maximum atomic E-state index is 11.7. The van der Waals surface area contributed by atoms with Crippen LogP contribution < -0.4 is 11.1 Å². The number of hydrogen-bond donors (Lipinski definition) is 2. The third kappa shape index (κ3) is 3.66. The number of rotatable bonds is 5. The van der Waals surface area contributed by atoms with Gasteiger partial charge in [-0.25, -0.2) is 4.98 Å². The van der Waals surface area contributed by atoms with Gasteiger partial charge in [0.25, 0.3) is 0 Å². The second-order valence-corrected chi connectivity index (χ2v) is 5.16. The molecular formula is C12H15N3O2S. The maximum absolute atomic E-state index is 11.7. The highest BCUT2D eigenvalue weighted by Gasteiger charge is 2.15. The second kappa shape index (κ2) is 5.77. The van der Waals surface area contributed by atoms with E-state index in [0.717, 1.165) is 12.8 Å². The maximum Gasteiger partial charge on any atom is 0.226 e. The van der Waals surface area contributed by atoms with E-state index in [9.17, 15) is 9.59 Å². The monoisotopic (exact) mass is 265 g/mol. The molecule has 18 heavy (non-hydrogen) atoms. The van der Waals surface area contributed by atoms with Crippen LogP contribution in [0.4, 0.5) is 5.13 Å². The molecule has 0 unspecified atom stereocenters. The van der Waals surface area contributed by atoms with Crippen LogP contribution in [0.5, 0.6) is 0 Å². The summed E-state index contributed by atoms with van der Waals surface area (Å²) in [5, 5.41) is 5.00. The molecule has 6 heteroatoms. The van der Waals surface area contributed by atoms with Gasteiger partial charge >= 0.3 is 0 Å². The highest BCUT2D eigenvalue weighted by molar-refractivity contribution is 7.13. The molecule has 96 valence electrons. The van der Waals surface area contributed by atoms with Crippen molar-refractivity contribution in [3.8, 4) is 0 Å². The average Bonchev–Trinajstić information content (AvgIpc) is 2.89. The summed E-state index contributed by atoms with van der Waals surface area (Å²) in [5.41, 5.74) is 5.68. The first-order chi connectivity index (χ1) is 8.63. The largest absolute Gasteiger partial charge is 0.369 e. The third-order valence-corrected chi connectivity index (χ3v) is 3.52. The van der Waals surface area contributed by atoms with Crippen LogP contribution in [-0.4, -0.2) is 16.8 Å². The normalized spacial score (nSPS) is 17.9. The highest BCUT2D eigenvalue weighted by Crippen LogP contribution is 2.22. The summed E-state index contributed by atoms with van der Waals surface area (Å²) in [4.78, 5) is 26.6. The Morgan fingerprint density at radius 2 is 2.39 bits per heavy atom. The topological polar surface area (TPSA) is 85.1 Å². The van der Waals surface area contributed by atoms with Gasteiger partial charge in [-0.05, 0) is 18.8 Å². The van der Waals surface area contributed by atoms with Crippen molar-refractivity contribution in [2.75, 3.05) is 5.32 Å². The number of carbonyl (C=O) groups is 2. The van der Waals surface area contributed by atoms with Crippen LogP contribution in [0.3, 0.4) is 0 Å². The number of amides is 2. The van der Waals surface area contributed by atoms with Gasteiger partial charge in [0.15, 0.2) is 5.13 Å². The lowest BCUT2D eigenvalue weighted by molar-refractivity contribution is -0.117. The fourth-order valence-corrected chi connectivity index (χ4v) is 2.62. The number of nitrogens with two attached hydrogens (primary N) is 1. The van der Waals surface area contributed by atoms with Crippen molar-refractivity contribution in [2.24, 2.45) is 11.7 Å². The molecule has 0 saturated carbocycles. The van der Waals surface area contributed by atoms with Crippen LogP contribution in [0.2, 0.25) is 0 Å². The zero-order valence-corrected chi connectivity index (χ0v) is 10.7. The quantitative estimate of drug-likeness (QED) is 0.790. The van der Waals surface area contributed by atoms with Crippen molar-refractivity contribution in [2.45, 2.75) is 25.7 Å². The number of thiazole rings is 1. The van der Waals surface area contributed by atoms with Crippen molar-refractivity contribution in [1.29, 1.82) is 0 Å². The highest BCUT2D eigenvalue weighted by atomic mass is 32.1. The van der Waals surface area contributed by atoms with Crippen LogP contribution in [0.1, 0.15) is 25.0 Å². The first-order valence-corrected chi connectivity index (χ1v) is 6.70. The van der Waals surface area contributed by atoms with E-state index in [1.807, 2.05) is 0 Å². The molecule has 1 aliphatic carbocycles. The molecule has 0 aliphatic heterocycles. The first-order valence-electron chi connectivity index (χ1n) is 5.82. The molecule has 0 radical (unpaired) electrons. The van der Waals surface area contributed by atoms with E-state index in [1.54, 1.807) is 5.38 Å². The molecule has 3 N–H and O–H groups in total. The summed E-state index contributed by atoms with van der Waals surface area (Å²) >= 11 is 1.31. The number of carbonyl (C=O) groups excluding carboxylic acids is 2. The lowest BCUT2D eigenvalue weighted by Gasteiger charge is -2.06. The van der Waals surface area contributed by atoms with Crippen molar-refractivity contribution in [3.05, 3.63) is 23.2 Å². The number of anilines is 1. The molecule has 0 saturated heterocycles. The molecule has 1 aromatic rings. The average molecular weight is 265 g/mol. The lowest BCUT2D eigenvalue weighted by atomic mass is 10.1. The van der Waals surface area contributed by atoms with Crippen LogP contribution in [0.15, 0.2) is 17.5 Å². The Morgan fingerprint density at radius 1 is 1.56 bits per heavy atom. The molecule has 0 spiro atoms. The molecule has 0 aromatic carbocycles. The van der Waals surface area contributed by atoms with E-state index in [0.29, 0.717) is 23.2 Å². The summed E-state index contributed by atoms with van der Waals surface area (Å²) in [6.07, 6.45) is 6.88. The number of nitrogens with zero attached hydrogens (tertiary/aromatic N) is 1. The Bertz CT molecular complexity index is 481. The Hall–Kier alpha value is -1.69. The fourth-order valence-electron chi connectivity index (χ4n) is 1.90. The number of allylic oxidation sites excluding steroid dienone is 2. The van der Waals surface area contributed by atoms with Gasteiger partial charge in [-0.3, -0.25) is 9.59 Å². The van der Waals surface area contributed by atoms with Gasteiger partial charge in [-0.1, -0.05) is 12.2 Å². The van der Waals surface area contributed by atoms with Gasteiger partial charge < -0.3 is 11.1 Å². The molecule has 1 aliphatic rings. The summed E-state index contributed by atoms with van der Waals surface area (Å²) in [6.45, 7) is 0. The summed E-state index contributed by atoms with van der Waals surface area (Å²) < 4.78 is 0. The van der Waals surface area contributed by atoms with Crippen molar-refractivity contribution < 1.29 is 9.59 Å². The molecule has 5 nitrogen and oxygen atoms in total. The van der Waals surface area contributed by atoms with Crippen LogP contribution in [0.25, 0.3) is 0 Å². The molecular weight excluding hydrogens is 250 g/mol. The van der Waals surface area contributed by atoms with E-state index in [4.69, 9.17) is 5.73 Å². The van der Waals surface area contributed by atoms with Crippen molar-refractivity contribution in [3.63, 3.8) is 0 Å². The molecule has 2 rings (SSSR count). The standard InChI is InChI=1S/C12H15N3O2S/c13-10(16)6-9-7-18-12(14-9)15-11(17)5-8-3-1-2-4-8/h1,3,7-8H,2,4-6H2,(H2,13,16)(H,14,15,17)/t8-/m0/s1. The molecule has 0 fully saturated rings.